The van der Waals surface area contributed by atoms with Crippen molar-refractivity contribution >= 4 is 28.9 Å². The van der Waals surface area contributed by atoms with Gasteiger partial charge in [-0.2, -0.15) is 0 Å². The molecule has 0 radical (unpaired) electrons. The molecule has 1 aliphatic heterocycles. The summed E-state index contributed by atoms with van der Waals surface area (Å²) in [5, 5.41) is 3.61. The fourth-order valence-corrected chi connectivity index (χ4v) is 3.64. The standard InChI is InChI=1S/C22H27ClN2O2/c1-3-16(2)17-9-11-18(12-10-17)27-15-21(26)24-20-8-6-7-19(23)22(20)25-13-4-5-14-25/h6-12,16H,3-5,13-15H2,1-2H3,(H,24,26)/t16-/m1/s1. The Morgan fingerprint density at radius 1 is 1.19 bits per heavy atom. The molecule has 144 valence electrons. The molecule has 1 heterocycles. The van der Waals surface area contributed by atoms with Gasteiger partial charge in [-0.05, 0) is 55.0 Å². The average Bonchev–Trinajstić information content (AvgIpc) is 3.20. The highest BCUT2D eigenvalue weighted by atomic mass is 35.5. The topological polar surface area (TPSA) is 41.6 Å². The van der Waals surface area contributed by atoms with E-state index in [0.29, 0.717) is 16.7 Å². The normalized spacial score (nSPS) is 14.9. The average molecular weight is 387 g/mol. The summed E-state index contributed by atoms with van der Waals surface area (Å²) in [6.45, 7) is 6.27. The van der Waals surface area contributed by atoms with Crippen LogP contribution in [0.15, 0.2) is 42.5 Å². The van der Waals surface area contributed by atoms with Crippen molar-refractivity contribution < 1.29 is 9.53 Å². The molecule has 0 bridgehead atoms. The zero-order chi connectivity index (χ0) is 19.2. The van der Waals surface area contributed by atoms with E-state index in [1.807, 2.05) is 30.3 Å². The number of para-hydroxylation sites is 1. The largest absolute Gasteiger partial charge is 0.484 e. The molecule has 27 heavy (non-hydrogen) atoms. The molecule has 1 aliphatic rings. The van der Waals surface area contributed by atoms with Crippen molar-refractivity contribution in [1.29, 1.82) is 0 Å². The Bertz CT molecular complexity index is 770. The Morgan fingerprint density at radius 2 is 1.89 bits per heavy atom. The van der Waals surface area contributed by atoms with E-state index < -0.39 is 0 Å². The Balaban J connectivity index is 1.60. The molecule has 0 aromatic heterocycles. The third-order valence-electron chi connectivity index (χ3n) is 5.11. The van der Waals surface area contributed by atoms with E-state index >= 15 is 0 Å². The molecule has 5 heteroatoms. The number of anilines is 2. The van der Waals surface area contributed by atoms with Crippen LogP contribution in [0.25, 0.3) is 0 Å². The van der Waals surface area contributed by atoms with Gasteiger partial charge in [0.05, 0.1) is 16.4 Å². The van der Waals surface area contributed by atoms with Gasteiger partial charge in [-0.3, -0.25) is 4.79 Å². The lowest BCUT2D eigenvalue weighted by Crippen LogP contribution is -2.24. The molecule has 1 amide bonds. The van der Waals surface area contributed by atoms with Gasteiger partial charge < -0.3 is 15.0 Å². The molecule has 0 saturated carbocycles. The molecule has 1 saturated heterocycles. The van der Waals surface area contributed by atoms with Crippen LogP contribution in [-0.4, -0.2) is 25.6 Å². The van der Waals surface area contributed by atoms with Crippen LogP contribution in [-0.2, 0) is 4.79 Å². The molecule has 0 aliphatic carbocycles. The molecule has 1 N–H and O–H groups in total. The summed E-state index contributed by atoms with van der Waals surface area (Å²) in [5.74, 6) is 1.03. The lowest BCUT2D eigenvalue weighted by atomic mass is 9.99. The van der Waals surface area contributed by atoms with E-state index in [4.69, 9.17) is 16.3 Å². The second-order valence-electron chi connectivity index (χ2n) is 7.05. The van der Waals surface area contributed by atoms with Gasteiger partial charge in [-0.15, -0.1) is 0 Å². The van der Waals surface area contributed by atoms with E-state index in [-0.39, 0.29) is 12.5 Å². The fourth-order valence-electron chi connectivity index (χ4n) is 3.34. The van der Waals surface area contributed by atoms with Gasteiger partial charge in [-0.1, -0.05) is 43.6 Å². The third-order valence-corrected chi connectivity index (χ3v) is 5.42. The number of benzene rings is 2. The van der Waals surface area contributed by atoms with Crippen LogP contribution in [0.3, 0.4) is 0 Å². The van der Waals surface area contributed by atoms with E-state index in [0.717, 1.165) is 43.7 Å². The number of halogens is 1. The van der Waals surface area contributed by atoms with Crippen molar-refractivity contribution in [3.63, 3.8) is 0 Å². The second kappa shape index (κ2) is 9.14. The van der Waals surface area contributed by atoms with Gasteiger partial charge >= 0.3 is 0 Å². The number of nitrogens with zero attached hydrogens (tertiary/aromatic N) is 1. The third kappa shape index (κ3) is 4.95. The number of hydrogen-bond donors (Lipinski definition) is 1. The van der Waals surface area contributed by atoms with Crippen molar-refractivity contribution in [2.45, 2.75) is 39.0 Å². The lowest BCUT2D eigenvalue weighted by Gasteiger charge is -2.23. The fraction of sp³-hybridized carbons (Fsp3) is 0.409. The molecule has 2 aromatic carbocycles. The van der Waals surface area contributed by atoms with Crippen LogP contribution in [0.2, 0.25) is 5.02 Å². The molecule has 1 atom stereocenters. The van der Waals surface area contributed by atoms with Crippen LogP contribution in [0, 0.1) is 0 Å². The summed E-state index contributed by atoms with van der Waals surface area (Å²) >= 11 is 6.39. The first-order chi connectivity index (χ1) is 13.1. The SMILES string of the molecule is CC[C@@H](C)c1ccc(OCC(=O)Nc2cccc(Cl)c2N2CCCC2)cc1. The van der Waals surface area contributed by atoms with Crippen LogP contribution in [0.1, 0.15) is 44.6 Å². The van der Waals surface area contributed by atoms with Gasteiger partial charge in [0.25, 0.3) is 5.91 Å². The smallest absolute Gasteiger partial charge is 0.262 e. The summed E-state index contributed by atoms with van der Waals surface area (Å²) in [7, 11) is 0. The van der Waals surface area contributed by atoms with E-state index in [1.54, 1.807) is 0 Å². The van der Waals surface area contributed by atoms with Gasteiger partial charge in [0.2, 0.25) is 0 Å². The number of ether oxygens (including phenoxy) is 1. The number of amides is 1. The van der Waals surface area contributed by atoms with Crippen molar-refractivity contribution in [1.82, 2.24) is 0 Å². The minimum Gasteiger partial charge on any atom is -0.484 e. The molecule has 2 aromatic rings. The lowest BCUT2D eigenvalue weighted by molar-refractivity contribution is -0.118. The van der Waals surface area contributed by atoms with E-state index in [1.165, 1.54) is 5.56 Å². The minimum atomic E-state index is -0.191. The zero-order valence-electron chi connectivity index (χ0n) is 16.0. The van der Waals surface area contributed by atoms with Crippen LogP contribution in [0.5, 0.6) is 5.75 Å². The Labute approximate surface area is 166 Å². The highest BCUT2D eigenvalue weighted by molar-refractivity contribution is 6.34. The predicted molar refractivity (Wildman–Crippen MR) is 112 cm³/mol. The predicted octanol–water partition coefficient (Wildman–Crippen LogP) is 5.47. The van der Waals surface area contributed by atoms with Crippen LogP contribution < -0.4 is 15.0 Å². The monoisotopic (exact) mass is 386 g/mol. The van der Waals surface area contributed by atoms with Gasteiger partial charge in [0.1, 0.15) is 5.75 Å². The first-order valence-corrected chi connectivity index (χ1v) is 10.0. The van der Waals surface area contributed by atoms with Gasteiger partial charge in [-0.25, -0.2) is 0 Å². The maximum Gasteiger partial charge on any atom is 0.262 e. The summed E-state index contributed by atoms with van der Waals surface area (Å²) < 4.78 is 5.65. The van der Waals surface area contributed by atoms with Crippen molar-refractivity contribution in [3.05, 3.63) is 53.1 Å². The number of rotatable bonds is 7. The Morgan fingerprint density at radius 3 is 2.56 bits per heavy atom. The summed E-state index contributed by atoms with van der Waals surface area (Å²) in [6.07, 6.45) is 3.39. The number of carbonyl (C=O) groups is 1. The Hall–Kier alpha value is -2.20. The summed E-state index contributed by atoms with van der Waals surface area (Å²) in [4.78, 5) is 14.6. The molecular formula is C22H27ClN2O2. The van der Waals surface area contributed by atoms with E-state index in [2.05, 4.69) is 36.2 Å². The first kappa shape index (κ1) is 19.6. The van der Waals surface area contributed by atoms with Crippen molar-refractivity contribution in [2.24, 2.45) is 0 Å². The maximum atomic E-state index is 12.4. The van der Waals surface area contributed by atoms with Crippen LogP contribution in [0.4, 0.5) is 11.4 Å². The van der Waals surface area contributed by atoms with Gasteiger partial charge in [0, 0.05) is 13.1 Å². The maximum absolute atomic E-state index is 12.4. The highest BCUT2D eigenvalue weighted by Crippen LogP contribution is 2.35. The second-order valence-corrected chi connectivity index (χ2v) is 7.45. The summed E-state index contributed by atoms with van der Waals surface area (Å²) in [5.41, 5.74) is 2.93. The zero-order valence-corrected chi connectivity index (χ0v) is 16.8. The highest BCUT2D eigenvalue weighted by Gasteiger charge is 2.19. The number of hydrogen-bond acceptors (Lipinski definition) is 3. The van der Waals surface area contributed by atoms with Crippen LogP contribution >= 0.6 is 11.6 Å². The molecule has 0 unspecified atom stereocenters. The molecule has 3 rings (SSSR count). The summed E-state index contributed by atoms with van der Waals surface area (Å²) in [6, 6.07) is 13.6. The molecule has 0 spiro atoms. The van der Waals surface area contributed by atoms with Crippen molar-refractivity contribution in [2.75, 3.05) is 29.9 Å². The molecule has 1 fully saturated rings. The van der Waals surface area contributed by atoms with E-state index in [9.17, 15) is 4.79 Å². The minimum absolute atomic E-state index is 0.0331. The first-order valence-electron chi connectivity index (χ1n) is 9.64. The van der Waals surface area contributed by atoms with Gasteiger partial charge in [0.15, 0.2) is 6.61 Å². The Kier molecular flexibility index (Phi) is 6.62. The number of carbonyl (C=O) groups excluding carboxylic acids is 1. The quantitative estimate of drug-likeness (QED) is 0.685. The molecule has 4 nitrogen and oxygen atoms in total. The molecular weight excluding hydrogens is 360 g/mol. The van der Waals surface area contributed by atoms with Crippen molar-refractivity contribution in [3.8, 4) is 5.75 Å². The number of nitrogens with one attached hydrogen (secondary N) is 1.